The first-order valence-corrected chi connectivity index (χ1v) is 3.60. The average Bonchev–Trinajstić information content (AvgIpc) is 2.03. The Bertz CT molecular complexity index is 251. The molecule has 0 saturated carbocycles. The third-order valence-corrected chi connectivity index (χ3v) is 1.42. The maximum absolute atomic E-state index is 8.93. The van der Waals surface area contributed by atoms with E-state index in [0.29, 0.717) is 12.3 Å². The molecule has 0 fully saturated rings. The number of hydroxylamine groups is 2. The zero-order valence-corrected chi connectivity index (χ0v) is 7.19. The quantitative estimate of drug-likeness (QED) is 0.681. The molecule has 0 aliphatic carbocycles. The van der Waals surface area contributed by atoms with Gasteiger partial charge in [-0.15, -0.1) is 0 Å². The second-order valence-electron chi connectivity index (χ2n) is 2.55. The molecule has 0 aromatic carbocycles. The number of nitrogens with zero attached hydrogens (tertiary/aromatic N) is 2. The van der Waals surface area contributed by atoms with Crippen molar-refractivity contribution in [3.8, 4) is 5.75 Å². The lowest BCUT2D eigenvalue weighted by molar-refractivity contribution is -0.0732. The van der Waals surface area contributed by atoms with Crippen molar-refractivity contribution >= 4 is 0 Å². The van der Waals surface area contributed by atoms with Crippen molar-refractivity contribution in [1.82, 2.24) is 10.0 Å². The highest BCUT2D eigenvalue weighted by Gasteiger charge is 1.98. The fourth-order valence-corrected chi connectivity index (χ4v) is 0.926. The van der Waals surface area contributed by atoms with Gasteiger partial charge in [0, 0.05) is 13.2 Å². The Morgan fingerprint density at radius 2 is 2.33 bits per heavy atom. The van der Waals surface area contributed by atoms with Gasteiger partial charge in [-0.25, -0.2) is 0 Å². The molecular weight excluding hydrogens is 156 g/mol. The first-order valence-electron chi connectivity index (χ1n) is 3.60. The first kappa shape index (κ1) is 8.96. The molecule has 0 saturated heterocycles. The van der Waals surface area contributed by atoms with Crippen molar-refractivity contribution in [3.05, 3.63) is 24.0 Å². The van der Waals surface area contributed by atoms with E-state index in [0.717, 1.165) is 10.6 Å². The number of methoxy groups -OCH3 is 1. The highest BCUT2D eigenvalue weighted by atomic mass is 16.5. The van der Waals surface area contributed by atoms with E-state index in [1.165, 1.54) is 0 Å². The molecule has 1 heterocycles. The smallest absolute Gasteiger partial charge is 0.137 e. The monoisotopic (exact) mass is 168 g/mol. The zero-order chi connectivity index (χ0) is 8.97. The van der Waals surface area contributed by atoms with Crippen LogP contribution in [0, 0.1) is 0 Å². The van der Waals surface area contributed by atoms with Crippen LogP contribution in [0.2, 0.25) is 0 Å². The Hall–Kier alpha value is -1.13. The van der Waals surface area contributed by atoms with E-state index in [9.17, 15) is 0 Å². The maximum Gasteiger partial charge on any atom is 0.137 e. The maximum atomic E-state index is 8.93. The van der Waals surface area contributed by atoms with Gasteiger partial charge in [-0.2, -0.15) is 5.06 Å². The van der Waals surface area contributed by atoms with Crippen LogP contribution in [0.3, 0.4) is 0 Å². The third kappa shape index (κ3) is 2.48. The van der Waals surface area contributed by atoms with E-state index in [1.807, 2.05) is 6.07 Å². The zero-order valence-electron chi connectivity index (χ0n) is 7.19. The van der Waals surface area contributed by atoms with Crippen LogP contribution in [-0.4, -0.2) is 29.4 Å². The second-order valence-corrected chi connectivity index (χ2v) is 2.55. The molecule has 0 aliphatic heterocycles. The summed E-state index contributed by atoms with van der Waals surface area (Å²) in [5.74, 6) is 0.703. The van der Waals surface area contributed by atoms with Gasteiger partial charge in [0.2, 0.25) is 0 Å². The first-order chi connectivity index (χ1) is 5.72. The number of pyridine rings is 1. The van der Waals surface area contributed by atoms with Gasteiger partial charge in [-0.1, -0.05) is 0 Å². The van der Waals surface area contributed by atoms with E-state index in [1.54, 1.807) is 26.6 Å². The summed E-state index contributed by atoms with van der Waals surface area (Å²) < 4.78 is 4.97. The number of aromatic nitrogens is 1. The fourth-order valence-electron chi connectivity index (χ4n) is 0.926. The van der Waals surface area contributed by atoms with E-state index in [2.05, 4.69) is 4.98 Å². The molecule has 4 heteroatoms. The Morgan fingerprint density at radius 1 is 1.58 bits per heavy atom. The predicted molar refractivity (Wildman–Crippen MR) is 44.0 cm³/mol. The van der Waals surface area contributed by atoms with Gasteiger partial charge >= 0.3 is 0 Å². The average molecular weight is 168 g/mol. The summed E-state index contributed by atoms with van der Waals surface area (Å²) in [5, 5.41) is 10.0. The highest BCUT2D eigenvalue weighted by molar-refractivity contribution is 5.23. The third-order valence-electron chi connectivity index (χ3n) is 1.42. The van der Waals surface area contributed by atoms with Crippen LogP contribution in [0.5, 0.6) is 5.75 Å². The minimum absolute atomic E-state index is 0.449. The predicted octanol–water partition coefficient (Wildman–Crippen LogP) is 0.911. The second kappa shape index (κ2) is 4.04. The Balaban J connectivity index is 2.72. The summed E-state index contributed by atoms with van der Waals surface area (Å²) in [6, 6.07) is 1.83. The molecule has 0 spiro atoms. The Morgan fingerprint density at radius 3 is 2.92 bits per heavy atom. The standard InChI is InChI=1S/C8H12N2O2/c1-10(11)6-7-3-8(12-2)5-9-4-7/h3-5,11H,6H2,1-2H3. The van der Waals surface area contributed by atoms with Gasteiger partial charge in [0.15, 0.2) is 0 Å². The van der Waals surface area contributed by atoms with E-state index >= 15 is 0 Å². The largest absolute Gasteiger partial charge is 0.495 e. The molecule has 0 unspecified atom stereocenters. The van der Waals surface area contributed by atoms with Crippen LogP contribution in [0.15, 0.2) is 18.5 Å². The summed E-state index contributed by atoms with van der Waals surface area (Å²) in [5.41, 5.74) is 0.916. The summed E-state index contributed by atoms with van der Waals surface area (Å²) in [6.07, 6.45) is 3.32. The molecule has 0 bridgehead atoms. The number of hydrogen-bond acceptors (Lipinski definition) is 4. The lowest BCUT2D eigenvalue weighted by Gasteiger charge is -2.07. The molecule has 1 aromatic heterocycles. The molecule has 0 aliphatic rings. The molecule has 12 heavy (non-hydrogen) atoms. The van der Waals surface area contributed by atoms with Crippen LogP contribution in [0.25, 0.3) is 0 Å². The van der Waals surface area contributed by atoms with Crippen molar-refractivity contribution in [1.29, 1.82) is 0 Å². The normalized spacial score (nSPS) is 10.3. The molecule has 4 nitrogen and oxygen atoms in total. The van der Waals surface area contributed by atoms with Gasteiger partial charge in [0.05, 0.1) is 19.9 Å². The van der Waals surface area contributed by atoms with Gasteiger partial charge in [-0.05, 0) is 11.6 Å². The van der Waals surface area contributed by atoms with Crippen LogP contribution in [-0.2, 0) is 6.54 Å². The molecule has 0 atom stereocenters. The van der Waals surface area contributed by atoms with Crippen LogP contribution in [0.4, 0.5) is 0 Å². The highest BCUT2D eigenvalue weighted by Crippen LogP contribution is 2.10. The van der Waals surface area contributed by atoms with E-state index < -0.39 is 0 Å². The number of ether oxygens (including phenoxy) is 1. The van der Waals surface area contributed by atoms with E-state index in [4.69, 9.17) is 9.94 Å². The summed E-state index contributed by atoms with van der Waals surface area (Å²) >= 11 is 0. The molecule has 1 aromatic rings. The van der Waals surface area contributed by atoms with Crippen LogP contribution >= 0.6 is 0 Å². The number of hydrogen-bond donors (Lipinski definition) is 1. The van der Waals surface area contributed by atoms with Crippen LogP contribution < -0.4 is 4.74 Å². The SMILES string of the molecule is COc1cncc(CN(C)O)c1. The van der Waals surface area contributed by atoms with Crippen LogP contribution in [0.1, 0.15) is 5.56 Å². The minimum Gasteiger partial charge on any atom is -0.495 e. The topological polar surface area (TPSA) is 45.6 Å². The molecular formula is C8H12N2O2. The van der Waals surface area contributed by atoms with Gasteiger partial charge < -0.3 is 9.94 Å². The van der Waals surface area contributed by atoms with Gasteiger partial charge in [-0.3, -0.25) is 4.98 Å². The summed E-state index contributed by atoms with van der Waals surface area (Å²) in [4.78, 5) is 3.95. The molecule has 66 valence electrons. The molecule has 1 N–H and O–H groups in total. The fraction of sp³-hybridized carbons (Fsp3) is 0.375. The molecule has 0 amide bonds. The summed E-state index contributed by atoms with van der Waals surface area (Å²) in [7, 11) is 3.17. The number of rotatable bonds is 3. The lowest BCUT2D eigenvalue weighted by Crippen LogP contribution is -2.11. The molecule has 1 rings (SSSR count). The van der Waals surface area contributed by atoms with Crippen molar-refractivity contribution in [2.45, 2.75) is 6.54 Å². The van der Waals surface area contributed by atoms with Crippen molar-refractivity contribution < 1.29 is 9.94 Å². The Kier molecular flexibility index (Phi) is 3.01. The van der Waals surface area contributed by atoms with Gasteiger partial charge in [0.25, 0.3) is 0 Å². The van der Waals surface area contributed by atoms with E-state index in [-0.39, 0.29) is 0 Å². The minimum atomic E-state index is 0.449. The molecule has 0 radical (unpaired) electrons. The van der Waals surface area contributed by atoms with Crippen molar-refractivity contribution in [2.75, 3.05) is 14.2 Å². The van der Waals surface area contributed by atoms with Crippen molar-refractivity contribution in [3.63, 3.8) is 0 Å². The summed E-state index contributed by atoms with van der Waals surface area (Å²) in [6.45, 7) is 0.449. The lowest BCUT2D eigenvalue weighted by atomic mass is 10.3. The van der Waals surface area contributed by atoms with Crippen molar-refractivity contribution in [2.24, 2.45) is 0 Å². The van der Waals surface area contributed by atoms with Gasteiger partial charge in [0.1, 0.15) is 5.75 Å². The Labute approximate surface area is 71.4 Å².